The second kappa shape index (κ2) is 18.2. The molecule has 1 heterocycles. The molecule has 0 radical (unpaired) electrons. The molecule has 0 N–H and O–H groups in total. The van der Waals surface area contributed by atoms with Gasteiger partial charge in [-0.15, -0.1) is 0 Å². The molecule has 2 rings (SSSR count). The van der Waals surface area contributed by atoms with E-state index in [2.05, 4.69) is 23.8 Å². The lowest BCUT2D eigenvalue weighted by Gasteiger charge is -2.18. The Kier molecular flexibility index (Phi) is 15.3. The molecule has 3 nitrogen and oxygen atoms in total. The molecule has 5 heteroatoms. The van der Waals surface area contributed by atoms with Crippen LogP contribution in [0.2, 0.25) is 0 Å². The smallest absolute Gasteiger partial charge is 0.397 e. The van der Waals surface area contributed by atoms with Gasteiger partial charge < -0.3 is 4.74 Å². The summed E-state index contributed by atoms with van der Waals surface area (Å²) in [5, 5.41) is 0. The molecular formula is C31H48F2N2O. The van der Waals surface area contributed by atoms with Crippen LogP contribution in [0.5, 0.6) is 5.75 Å². The summed E-state index contributed by atoms with van der Waals surface area (Å²) in [7, 11) is 0. The summed E-state index contributed by atoms with van der Waals surface area (Å²) in [6.45, 7) is 4.41. The fraction of sp³-hybridized carbons (Fsp3) is 0.677. The quantitative estimate of drug-likeness (QED) is 0.159. The molecule has 0 aliphatic rings. The second-order valence-corrected chi connectivity index (χ2v) is 10.1. The Morgan fingerprint density at radius 3 is 1.64 bits per heavy atom. The van der Waals surface area contributed by atoms with Gasteiger partial charge in [0.25, 0.3) is 0 Å². The lowest BCUT2D eigenvalue weighted by molar-refractivity contribution is -0.181. The fourth-order valence-electron chi connectivity index (χ4n) is 4.46. The van der Waals surface area contributed by atoms with Gasteiger partial charge in [-0.3, -0.25) is 0 Å². The van der Waals surface area contributed by atoms with E-state index in [0.717, 1.165) is 49.7 Å². The molecule has 0 saturated heterocycles. The van der Waals surface area contributed by atoms with Crippen LogP contribution < -0.4 is 4.74 Å². The molecule has 0 spiro atoms. The standard InChI is InChI=1S/C31H48F2N2O/c1-3-5-7-9-11-12-13-14-15-17-19-27-25-34-30(35-26-27)28-20-22-29(23-21-28)36-31(32,33)24-18-16-10-8-6-4-2/h20-23,25-26H,3-19,24H2,1-2H3. The Balaban J connectivity index is 1.66. The van der Waals surface area contributed by atoms with Crippen molar-refractivity contribution >= 4 is 0 Å². The number of rotatable bonds is 21. The number of alkyl halides is 2. The lowest BCUT2D eigenvalue weighted by Crippen LogP contribution is -2.24. The van der Waals surface area contributed by atoms with Crippen LogP contribution in [-0.2, 0) is 6.42 Å². The highest BCUT2D eigenvalue weighted by atomic mass is 19.3. The van der Waals surface area contributed by atoms with Gasteiger partial charge in [-0.25, -0.2) is 9.97 Å². The van der Waals surface area contributed by atoms with Crippen molar-refractivity contribution in [3.63, 3.8) is 0 Å². The van der Waals surface area contributed by atoms with E-state index < -0.39 is 6.11 Å². The maximum Gasteiger partial charge on any atom is 0.397 e. The average molecular weight is 503 g/mol. The third-order valence-electron chi connectivity index (χ3n) is 6.73. The minimum Gasteiger partial charge on any atom is -0.433 e. The van der Waals surface area contributed by atoms with Crippen molar-refractivity contribution in [1.29, 1.82) is 0 Å². The predicted molar refractivity (Wildman–Crippen MR) is 147 cm³/mol. The average Bonchev–Trinajstić information content (AvgIpc) is 2.88. The van der Waals surface area contributed by atoms with Crippen LogP contribution in [0.4, 0.5) is 8.78 Å². The van der Waals surface area contributed by atoms with Crippen LogP contribution in [0.15, 0.2) is 36.7 Å². The van der Waals surface area contributed by atoms with E-state index in [1.54, 1.807) is 24.3 Å². The van der Waals surface area contributed by atoms with E-state index >= 15 is 0 Å². The van der Waals surface area contributed by atoms with Crippen LogP contribution in [0, 0.1) is 0 Å². The first kappa shape index (κ1) is 30.2. The number of nitrogens with zero attached hydrogens (tertiary/aromatic N) is 2. The predicted octanol–water partition coefficient (Wildman–Crippen LogP) is 10.3. The van der Waals surface area contributed by atoms with Crippen molar-refractivity contribution in [2.45, 2.75) is 136 Å². The maximum absolute atomic E-state index is 14.2. The third-order valence-corrected chi connectivity index (χ3v) is 6.73. The molecule has 0 atom stereocenters. The van der Waals surface area contributed by atoms with Crippen LogP contribution >= 0.6 is 0 Å². The van der Waals surface area contributed by atoms with Gasteiger partial charge in [0.2, 0.25) is 0 Å². The second-order valence-electron chi connectivity index (χ2n) is 10.1. The van der Waals surface area contributed by atoms with Crippen LogP contribution in [0.1, 0.15) is 129 Å². The number of aryl methyl sites for hydroxylation is 1. The largest absolute Gasteiger partial charge is 0.433 e. The Morgan fingerprint density at radius 1 is 0.639 bits per heavy atom. The van der Waals surface area contributed by atoms with Crippen molar-refractivity contribution in [3.05, 3.63) is 42.2 Å². The monoisotopic (exact) mass is 502 g/mol. The van der Waals surface area contributed by atoms with Crippen LogP contribution in [0.3, 0.4) is 0 Å². The summed E-state index contributed by atoms with van der Waals surface area (Å²) in [5.74, 6) is 0.777. The summed E-state index contributed by atoms with van der Waals surface area (Å²) < 4.78 is 33.3. The zero-order valence-electron chi connectivity index (χ0n) is 22.8. The van der Waals surface area contributed by atoms with Gasteiger partial charge in [0.15, 0.2) is 5.82 Å². The normalized spacial score (nSPS) is 11.7. The van der Waals surface area contributed by atoms with Crippen molar-refractivity contribution in [2.24, 2.45) is 0 Å². The molecule has 1 aromatic heterocycles. The lowest BCUT2D eigenvalue weighted by atomic mass is 10.0. The summed E-state index contributed by atoms with van der Waals surface area (Å²) in [5.41, 5.74) is 1.94. The Labute approximate surface area is 218 Å². The molecule has 0 aliphatic carbocycles. The van der Waals surface area contributed by atoms with E-state index in [1.807, 2.05) is 12.4 Å². The van der Waals surface area contributed by atoms with Crippen molar-refractivity contribution in [1.82, 2.24) is 9.97 Å². The van der Waals surface area contributed by atoms with E-state index in [-0.39, 0.29) is 12.2 Å². The molecule has 0 bridgehead atoms. The number of hydrogen-bond donors (Lipinski definition) is 0. The molecule has 202 valence electrons. The molecule has 0 aliphatic heterocycles. The zero-order chi connectivity index (χ0) is 25.9. The molecule has 1 aromatic carbocycles. The minimum atomic E-state index is -3.14. The number of aromatic nitrogens is 2. The highest BCUT2D eigenvalue weighted by Gasteiger charge is 2.30. The zero-order valence-corrected chi connectivity index (χ0v) is 22.8. The Morgan fingerprint density at radius 2 is 1.11 bits per heavy atom. The number of unbranched alkanes of at least 4 members (excludes halogenated alkanes) is 14. The fourth-order valence-corrected chi connectivity index (χ4v) is 4.46. The SMILES string of the molecule is CCCCCCCCCCCCc1cnc(-c2ccc(OC(F)(F)CCCCCCCC)cc2)nc1. The molecule has 0 saturated carbocycles. The highest BCUT2D eigenvalue weighted by Crippen LogP contribution is 2.28. The van der Waals surface area contributed by atoms with Gasteiger partial charge in [0, 0.05) is 18.0 Å². The number of hydrogen-bond acceptors (Lipinski definition) is 3. The molecule has 36 heavy (non-hydrogen) atoms. The van der Waals surface area contributed by atoms with Crippen LogP contribution in [-0.4, -0.2) is 16.1 Å². The Bertz CT molecular complexity index is 793. The van der Waals surface area contributed by atoms with Gasteiger partial charge in [-0.05, 0) is 49.1 Å². The van der Waals surface area contributed by atoms with E-state index in [1.165, 1.54) is 64.2 Å². The summed E-state index contributed by atoms with van der Waals surface area (Å²) in [4.78, 5) is 8.98. The molecular weight excluding hydrogens is 454 g/mol. The van der Waals surface area contributed by atoms with E-state index in [0.29, 0.717) is 12.2 Å². The highest BCUT2D eigenvalue weighted by molar-refractivity contribution is 5.55. The van der Waals surface area contributed by atoms with Gasteiger partial charge in [-0.2, -0.15) is 8.78 Å². The van der Waals surface area contributed by atoms with E-state index in [4.69, 9.17) is 4.74 Å². The first-order valence-electron chi connectivity index (χ1n) is 14.5. The van der Waals surface area contributed by atoms with Crippen molar-refractivity contribution < 1.29 is 13.5 Å². The van der Waals surface area contributed by atoms with Gasteiger partial charge in [0.1, 0.15) is 5.75 Å². The van der Waals surface area contributed by atoms with Gasteiger partial charge in [0.05, 0.1) is 6.42 Å². The molecule has 0 fully saturated rings. The molecule has 0 amide bonds. The first-order valence-corrected chi connectivity index (χ1v) is 14.5. The first-order chi connectivity index (χ1) is 17.5. The minimum absolute atomic E-state index is 0.173. The third kappa shape index (κ3) is 13.3. The van der Waals surface area contributed by atoms with Gasteiger partial charge >= 0.3 is 6.11 Å². The number of benzene rings is 1. The number of ether oxygens (including phenoxy) is 1. The van der Waals surface area contributed by atoms with Crippen molar-refractivity contribution in [3.8, 4) is 17.1 Å². The van der Waals surface area contributed by atoms with E-state index in [9.17, 15) is 8.78 Å². The summed E-state index contributed by atoms with van der Waals surface area (Å²) >= 11 is 0. The van der Waals surface area contributed by atoms with Crippen molar-refractivity contribution in [2.75, 3.05) is 0 Å². The Hall–Kier alpha value is -2.04. The number of halogens is 2. The van der Waals surface area contributed by atoms with Crippen LogP contribution in [0.25, 0.3) is 11.4 Å². The summed E-state index contributed by atoms with van der Waals surface area (Å²) in [6.07, 6.45) is 20.4. The maximum atomic E-state index is 14.2. The molecule has 0 unspecified atom stereocenters. The molecule has 2 aromatic rings. The topological polar surface area (TPSA) is 35.0 Å². The summed E-state index contributed by atoms with van der Waals surface area (Å²) in [6, 6.07) is 6.64. The van der Waals surface area contributed by atoms with Gasteiger partial charge in [-0.1, -0.05) is 104 Å².